The van der Waals surface area contributed by atoms with Gasteiger partial charge in [-0.3, -0.25) is 9.59 Å². The van der Waals surface area contributed by atoms with E-state index < -0.39 is 0 Å². The molecule has 0 saturated carbocycles. The van der Waals surface area contributed by atoms with Gasteiger partial charge in [0.1, 0.15) is 5.75 Å². The molecule has 3 rings (SSSR count). The largest absolute Gasteiger partial charge is 0.493 e. The van der Waals surface area contributed by atoms with Crippen molar-refractivity contribution in [2.24, 2.45) is 0 Å². The molecule has 1 aromatic heterocycles. The van der Waals surface area contributed by atoms with Gasteiger partial charge in [0, 0.05) is 11.4 Å². The Labute approximate surface area is 163 Å². The van der Waals surface area contributed by atoms with Crippen molar-refractivity contribution in [3.63, 3.8) is 0 Å². The monoisotopic (exact) mass is 378 g/mol. The van der Waals surface area contributed by atoms with Crippen LogP contribution in [0.1, 0.15) is 28.1 Å². The van der Waals surface area contributed by atoms with Crippen LogP contribution in [0.5, 0.6) is 5.75 Å². The molecule has 2 N–H and O–H groups in total. The number of anilines is 2. The predicted octanol–water partition coefficient (Wildman–Crippen LogP) is 4.56. The van der Waals surface area contributed by atoms with Crippen molar-refractivity contribution < 1.29 is 18.7 Å². The van der Waals surface area contributed by atoms with E-state index in [0.717, 1.165) is 16.9 Å². The molecule has 144 valence electrons. The van der Waals surface area contributed by atoms with Crippen LogP contribution in [0.3, 0.4) is 0 Å². The summed E-state index contributed by atoms with van der Waals surface area (Å²) in [6, 6.07) is 16.1. The van der Waals surface area contributed by atoms with Crippen LogP contribution >= 0.6 is 0 Å². The average molecular weight is 378 g/mol. The normalized spacial score (nSPS) is 10.4. The first-order valence-corrected chi connectivity index (χ1v) is 8.95. The van der Waals surface area contributed by atoms with Crippen molar-refractivity contribution in [1.29, 1.82) is 0 Å². The Balaban J connectivity index is 1.45. The Kier molecular flexibility index (Phi) is 6.11. The Morgan fingerprint density at radius 3 is 2.18 bits per heavy atom. The zero-order valence-corrected chi connectivity index (χ0v) is 15.8. The molecule has 0 aliphatic rings. The number of ether oxygens (including phenoxy) is 1. The first kappa shape index (κ1) is 19.2. The second-order valence-corrected chi connectivity index (χ2v) is 6.48. The van der Waals surface area contributed by atoms with Gasteiger partial charge in [0.2, 0.25) is 5.91 Å². The quantitative estimate of drug-likeness (QED) is 0.632. The molecule has 1 heterocycles. The fourth-order valence-corrected chi connectivity index (χ4v) is 2.74. The topological polar surface area (TPSA) is 80.6 Å². The van der Waals surface area contributed by atoms with Crippen molar-refractivity contribution in [3.8, 4) is 5.75 Å². The molecule has 28 heavy (non-hydrogen) atoms. The van der Waals surface area contributed by atoms with Crippen molar-refractivity contribution in [1.82, 2.24) is 0 Å². The fraction of sp³-hybridized carbons (Fsp3) is 0.182. The van der Waals surface area contributed by atoms with Crippen molar-refractivity contribution in [2.75, 3.05) is 17.2 Å². The van der Waals surface area contributed by atoms with E-state index in [1.807, 2.05) is 26.0 Å². The van der Waals surface area contributed by atoms with Gasteiger partial charge in [-0.2, -0.15) is 0 Å². The van der Waals surface area contributed by atoms with Gasteiger partial charge in [-0.1, -0.05) is 6.07 Å². The zero-order valence-electron chi connectivity index (χ0n) is 15.8. The number of nitrogens with one attached hydrogen (secondary N) is 2. The first-order valence-electron chi connectivity index (χ1n) is 8.95. The Morgan fingerprint density at radius 2 is 1.57 bits per heavy atom. The van der Waals surface area contributed by atoms with Crippen LogP contribution in [0.15, 0.2) is 65.3 Å². The molecule has 2 amide bonds. The lowest BCUT2D eigenvalue weighted by Gasteiger charge is -2.09. The van der Waals surface area contributed by atoms with Gasteiger partial charge in [0.15, 0.2) is 5.76 Å². The molecule has 0 atom stereocenters. The minimum atomic E-state index is -0.328. The third-order valence-corrected chi connectivity index (χ3v) is 3.96. The second-order valence-electron chi connectivity index (χ2n) is 6.48. The van der Waals surface area contributed by atoms with Gasteiger partial charge in [-0.15, -0.1) is 0 Å². The fourth-order valence-electron chi connectivity index (χ4n) is 2.74. The highest BCUT2D eigenvalue weighted by Crippen LogP contribution is 2.17. The molecule has 0 radical (unpaired) electrons. The third-order valence-electron chi connectivity index (χ3n) is 3.96. The highest BCUT2D eigenvalue weighted by atomic mass is 16.5. The summed E-state index contributed by atoms with van der Waals surface area (Å²) in [7, 11) is 0. The number of furan rings is 1. The van der Waals surface area contributed by atoms with Crippen molar-refractivity contribution >= 4 is 23.2 Å². The predicted molar refractivity (Wildman–Crippen MR) is 108 cm³/mol. The van der Waals surface area contributed by atoms with Gasteiger partial charge >= 0.3 is 0 Å². The Morgan fingerprint density at radius 1 is 0.929 bits per heavy atom. The minimum absolute atomic E-state index is 0.142. The van der Waals surface area contributed by atoms with Gasteiger partial charge in [-0.05, 0) is 73.5 Å². The molecule has 3 aromatic rings. The lowest BCUT2D eigenvalue weighted by Crippen LogP contribution is -2.15. The molecule has 6 nitrogen and oxygen atoms in total. The maximum atomic E-state index is 12.1. The lowest BCUT2D eigenvalue weighted by atomic mass is 10.1. The maximum Gasteiger partial charge on any atom is 0.291 e. The van der Waals surface area contributed by atoms with Crippen LogP contribution in [-0.2, 0) is 4.79 Å². The number of amides is 2. The van der Waals surface area contributed by atoms with Gasteiger partial charge in [0.05, 0.1) is 19.3 Å². The van der Waals surface area contributed by atoms with E-state index in [9.17, 15) is 9.59 Å². The molecule has 0 unspecified atom stereocenters. The number of aryl methyl sites for hydroxylation is 2. The molecule has 0 bridgehead atoms. The number of rotatable bonds is 7. The van der Waals surface area contributed by atoms with Crippen molar-refractivity contribution in [2.45, 2.75) is 20.3 Å². The van der Waals surface area contributed by atoms with Crippen LogP contribution in [0, 0.1) is 13.8 Å². The van der Waals surface area contributed by atoms with Crippen LogP contribution in [0.2, 0.25) is 0 Å². The van der Waals surface area contributed by atoms with Crippen LogP contribution in [0.4, 0.5) is 11.4 Å². The number of hydrogen-bond donors (Lipinski definition) is 2. The van der Waals surface area contributed by atoms with E-state index in [0.29, 0.717) is 18.0 Å². The van der Waals surface area contributed by atoms with Gasteiger partial charge < -0.3 is 19.8 Å². The second kappa shape index (κ2) is 8.90. The van der Waals surface area contributed by atoms with Crippen LogP contribution in [0.25, 0.3) is 0 Å². The Bertz CT molecular complexity index is 927. The lowest BCUT2D eigenvalue weighted by molar-refractivity contribution is -0.116. The number of carbonyl (C=O) groups excluding carboxylic acids is 2. The molecule has 0 fully saturated rings. The number of benzene rings is 2. The average Bonchev–Trinajstić information content (AvgIpc) is 3.17. The van der Waals surface area contributed by atoms with E-state index in [1.165, 1.54) is 6.26 Å². The first-order chi connectivity index (χ1) is 13.5. The Hall–Kier alpha value is -3.54. The van der Waals surface area contributed by atoms with E-state index in [2.05, 4.69) is 16.7 Å². The maximum absolute atomic E-state index is 12.1. The highest BCUT2D eigenvalue weighted by Gasteiger charge is 2.09. The van der Waals surface area contributed by atoms with E-state index in [-0.39, 0.29) is 24.0 Å². The smallest absolute Gasteiger partial charge is 0.291 e. The molecular formula is C22H22N2O4. The third kappa shape index (κ3) is 5.48. The van der Waals surface area contributed by atoms with E-state index in [4.69, 9.17) is 9.15 Å². The summed E-state index contributed by atoms with van der Waals surface area (Å²) in [5.41, 5.74) is 3.50. The molecule has 0 aliphatic carbocycles. The molecule has 0 spiro atoms. The van der Waals surface area contributed by atoms with Crippen LogP contribution in [-0.4, -0.2) is 18.4 Å². The number of hydrogen-bond acceptors (Lipinski definition) is 4. The summed E-state index contributed by atoms with van der Waals surface area (Å²) in [5.74, 6) is 0.533. The summed E-state index contributed by atoms with van der Waals surface area (Å²) in [4.78, 5) is 24.0. The molecular weight excluding hydrogens is 356 g/mol. The highest BCUT2D eigenvalue weighted by molar-refractivity contribution is 6.02. The number of carbonyl (C=O) groups is 2. The van der Waals surface area contributed by atoms with E-state index >= 15 is 0 Å². The van der Waals surface area contributed by atoms with Gasteiger partial charge in [-0.25, -0.2) is 0 Å². The van der Waals surface area contributed by atoms with Crippen molar-refractivity contribution in [3.05, 3.63) is 77.7 Å². The summed E-state index contributed by atoms with van der Waals surface area (Å²) in [6.07, 6.45) is 1.68. The summed E-state index contributed by atoms with van der Waals surface area (Å²) in [5, 5.41) is 5.53. The molecule has 0 saturated heterocycles. The summed E-state index contributed by atoms with van der Waals surface area (Å²) >= 11 is 0. The zero-order chi connectivity index (χ0) is 19.9. The molecule has 6 heteroatoms. The van der Waals surface area contributed by atoms with Crippen LogP contribution < -0.4 is 15.4 Å². The molecule has 2 aromatic carbocycles. The summed E-state index contributed by atoms with van der Waals surface area (Å²) in [6.45, 7) is 4.31. The summed E-state index contributed by atoms with van der Waals surface area (Å²) < 4.78 is 10.7. The van der Waals surface area contributed by atoms with Gasteiger partial charge in [0.25, 0.3) is 5.91 Å². The minimum Gasteiger partial charge on any atom is -0.493 e. The SMILES string of the molecule is Cc1cc(C)cc(OCCC(=O)Nc2ccc(NC(=O)c3ccco3)cc2)c1. The molecule has 0 aliphatic heterocycles. The standard InChI is InChI=1S/C22H22N2O4/c1-15-12-16(2)14-19(13-15)27-11-9-21(25)23-17-5-7-18(8-6-17)24-22(26)20-4-3-10-28-20/h3-8,10,12-14H,9,11H2,1-2H3,(H,23,25)(H,24,26). The van der Waals surface area contributed by atoms with E-state index in [1.54, 1.807) is 36.4 Å².